The van der Waals surface area contributed by atoms with Crippen molar-refractivity contribution in [2.75, 3.05) is 0 Å². The van der Waals surface area contributed by atoms with Crippen molar-refractivity contribution in [3.05, 3.63) is 140 Å². The maximum Gasteiger partial charge on any atom is 0.322 e. The third-order valence-corrected chi connectivity index (χ3v) is 7.93. The number of nitrogens with zero attached hydrogens (tertiary/aromatic N) is 6. The van der Waals surface area contributed by atoms with Crippen LogP contribution >= 0.6 is 0 Å². The van der Waals surface area contributed by atoms with E-state index in [-0.39, 0.29) is 26.5 Å². The Morgan fingerprint density at radius 2 is 1.46 bits per heavy atom. The molecule has 8 aromatic rings. The minimum atomic E-state index is -0.00878. The zero-order chi connectivity index (χ0) is 30.5. The van der Waals surface area contributed by atoms with Gasteiger partial charge in [-0.25, -0.2) is 4.98 Å². The first kappa shape index (κ1) is 29.6. The summed E-state index contributed by atoms with van der Waals surface area (Å²) < 4.78 is 12.4. The first-order valence-electron chi connectivity index (χ1n) is 14.8. The predicted molar refractivity (Wildman–Crippen MR) is 174 cm³/mol. The van der Waals surface area contributed by atoms with E-state index in [0.717, 1.165) is 44.3 Å². The summed E-state index contributed by atoms with van der Waals surface area (Å²) in [5.74, 6) is 2.54. The van der Waals surface area contributed by atoms with Crippen LogP contribution in [0, 0.1) is 18.5 Å². The smallest absolute Gasteiger partial charge is 0.322 e. The van der Waals surface area contributed by atoms with E-state index in [1.807, 2.05) is 63.9 Å². The quantitative estimate of drug-likeness (QED) is 0.133. The number of hydrogen-bond donors (Lipinski definition) is 0. The van der Waals surface area contributed by atoms with E-state index in [1.165, 1.54) is 5.56 Å². The van der Waals surface area contributed by atoms with Gasteiger partial charge in [0.2, 0.25) is 0 Å². The van der Waals surface area contributed by atoms with Crippen LogP contribution in [0.5, 0.6) is 11.5 Å². The Morgan fingerprint density at radius 1 is 0.696 bits per heavy atom. The monoisotopic (exact) mass is 779 g/mol. The second kappa shape index (κ2) is 11.7. The summed E-state index contributed by atoms with van der Waals surface area (Å²) >= 11 is 0. The van der Waals surface area contributed by atoms with Crippen LogP contribution in [0.1, 0.15) is 26.3 Å². The molecule has 0 aliphatic rings. The number of rotatable bonds is 5. The Labute approximate surface area is 281 Å². The summed E-state index contributed by atoms with van der Waals surface area (Å²) in [4.78, 5) is 13.6. The summed E-state index contributed by atoms with van der Waals surface area (Å²) in [5, 5.41) is 2.22. The van der Waals surface area contributed by atoms with Gasteiger partial charge in [0, 0.05) is 55.3 Å². The number of imidazole rings is 1. The molecule has 0 saturated heterocycles. The molecule has 0 atom stereocenters. The molecule has 7 nitrogen and oxygen atoms in total. The summed E-state index contributed by atoms with van der Waals surface area (Å²) in [6, 6.07) is 39.3. The molecule has 0 N–H and O–H groups in total. The van der Waals surface area contributed by atoms with Crippen LogP contribution in [0.25, 0.3) is 50.3 Å². The maximum atomic E-state index is 6.41. The normalized spacial score (nSPS) is 11.6. The number of para-hydroxylation sites is 3. The van der Waals surface area contributed by atoms with E-state index in [9.17, 15) is 0 Å². The average Bonchev–Trinajstić information content (AvgIpc) is 3.61. The van der Waals surface area contributed by atoms with Crippen molar-refractivity contribution < 1.29 is 30.4 Å². The van der Waals surface area contributed by atoms with E-state index in [4.69, 9.17) is 9.72 Å². The molecule has 4 heterocycles. The van der Waals surface area contributed by atoms with Gasteiger partial charge < -0.3 is 13.9 Å². The van der Waals surface area contributed by atoms with Gasteiger partial charge in [-0.15, -0.1) is 29.7 Å². The number of benzene rings is 4. The molecule has 0 saturated carbocycles. The number of ether oxygens (including phenoxy) is 1. The van der Waals surface area contributed by atoms with Gasteiger partial charge in [0.25, 0.3) is 0 Å². The van der Waals surface area contributed by atoms with Crippen LogP contribution < -0.4 is 9.30 Å². The second-order valence-electron chi connectivity index (χ2n) is 11.9. The fraction of sp³-hybridized carbons (Fsp3) is 0.105. The number of pyridine rings is 1. The van der Waals surface area contributed by atoms with Gasteiger partial charge in [0.1, 0.15) is 5.82 Å². The molecule has 0 radical (unpaired) electrons. The van der Waals surface area contributed by atoms with Gasteiger partial charge in [0.05, 0.1) is 12.4 Å². The van der Waals surface area contributed by atoms with Gasteiger partial charge in [0.15, 0.2) is 6.33 Å². The van der Waals surface area contributed by atoms with Crippen molar-refractivity contribution in [3.8, 4) is 29.0 Å². The zero-order valence-corrected chi connectivity index (χ0v) is 27.6. The van der Waals surface area contributed by atoms with Gasteiger partial charge in [-0.05, 0) is 40.6 Å². The molecule has 0 unspecified atom stereocenters. The Bertz CT molecular complexity index is 2350. The molecule has 0 amide bonds. The first-order chi connectivity index (χ1) is 21.9. The average molecular weight is 780 g/mol. The fourth-order valence-corrected chi connectivity index (χ4v) is 5.72. The molecule has 8 heteroatoms. The molecular weight excluding hydrogens is 752 g/mol. The third-order valence-electron chi connectivity index (χ3n) is 7.93. The summed E-state index contributed by atoms with van der Waals surface area (Å²) in [6.07, 6.45) is 8.72. The molecular formula is C38H28N6OPt-2. The largest absolute Gasteiger partial charge is 0.510 e. The van der Waals surface area contributed by atoms with Crippen molar-refractivity contribution in [1.29, 1.82) is 0 Å². The molecule has 0 bridgehead atoms. The van der Waals surface area contributed by atoms with E-state index >= 15 is 0 Å². The predicted octanol–water partition coefficient (Wildman–Crippen LogP) is 7.68. The van der Waals surface area contributed by atoms with E-state index in [0.29, 0.717) is 17.4 Å². The third kappa shape index (κ3) is 5.17. The van der Waals surface area contributed by atoms with Gasteiger partial charge in [-0.2, -0.15) is 28.2 Å². The van der Waals surface area contributed by atoms with Crippen LogP contribution in [0.2, 0.25) is 0 Å². The molecule has 4 aromatic heterocycles. The Morgan fingerprint density at radius 3 is 2.28 bits per heavy atom. The molecule has 0 aliphatic carbocycles. The second-order valence-corrected chi connectivity index (χ2v) is 11.9. The van der Waals surface area contributed by atoms with E-state index in [2.05, 4.69) is 96.2 Å². The molecule has 0 spiro atoms. The number of hydrogen-bond acceptors (Lipinski definition) is 4. The summed E-state index contributed by atoms with van der Waals surface area (Å²) in [6.45, 7) is 6.64. The van der Waals surface area contributed by atoms with E-state index in [1.54, 1.807) is 18.5 Å². The van der Waals surface area contributed by atoms with Gasteiger partial charge in [-0.1, -0.05) is 74.4 Å². The Hall–Kier alpha value is -5.13. The van der Waals surface area contributed by atoms with Crippen LogP contribution in [0.3, 0.4) is 0 Å². The summed E-state index contributed by atoms with van der Waals surface area (Å²) in [7, 11) is 0. The molecule has 228 valence electrons. The van der Waals surface area contributed by atoms with Crippen molar-refractivity contribution in [3.63, 3.8) is 0 Å². The van der Waals surface area contributed by atoms with Crippen LogP contribution in [-0.2, 0) is 26.5 Å². The maximum absolute atomic E-state index is 6.41. The Kier molecular flexibility index (Phi) is 7.50. The van der Waals surface area contributed by atoms with Crippen molar-refractivity contribution in [2.24, 2.45) is 0 Å². The SMILES string of the molecule is CC(C)(C)c1ccnc(-n2c3[c-]c(Oc4[c-]c(-n5[c-][n+](-c6ncccn6)c6ccccc65)ccc4)ccc3c3ccccc32)c1.[Pt]. The van der Waals surface area contributed by atoms with Crippen molar-refractivity contribution in [1.82, 2.24) is 24.1 Å². The minimum Gasteiger partial charge on any atom is -0.510 e. The fourth-order valence-electron chi connectivity index (χ4n) is 5.72. The number of fused-ring (bicyclic) bond motifs is 4. The zero-order valence-electron chi connectivity index (χ0n) is 25.4. The summed E-state index contributed by atoms with van der Waals surface area (Å²) in [5.41, 5.74) is 5.82. The van der Waals surface area contributed by atoms with Gasteiger partial charge in [-0.3, -0.25) is 4.57 Å². The molecule has 0 fully saturated rings. The van der Waals surface area contributed by atoms with Crippen molar-refractivity contribution in [2.45, 2.75) is 26.2 Å². The standard InChI is InChI=1S/C38H28N6O.Pt/c1-38(2,3)26-18-21-39-36(22-26)44-32-13-5-4-12-30(32)31-17-16-29(24-35(31)44)45-28-11-8-10-27(23-28)42-25-43(37-40-19-9-20-41-37)34-15-7-6-14-33(34)42;/h4-22H,1-3H3;/q-2;. The van der Waals surface area contributed by atoms with Crippen molar-refractivity contribution >= 4 is 32.8 Å². The Balaban J connectivity index is 0.00000338. The van der Waals surface area contributed by atoms with Gasteiger partial charge >= 0.3 is 5.95 Å². The molecule has 46 heavy (non-hydrogen) atoms. The molecule has 8 rings (SSSR count). The first-order valence-corrected chi connectivity index (χ1v) is 14.8. The topological polar surface area (TPSA) is 61.6 Å². The molecule has 0 aliphatic heterocycles. The van der Waals surface area contributed by atoms with Crippen LogP contribution in [-0.4, -0.2) is 24.1 Å². The van der Waals surface area contributed by atoms with E-state index < -0.39 is 0 Å². The molecule has 4 aromatic carbocycles. The minimum absolute atomic E-state index is 0. The van der Waals surface area contributed by atoms with Crippen LogP contribution in [0.4, 0.5) is 0 Å². The van der Waals surface area contributed by atoms with Crippen LogP contribution in [0.15, 0.2) is 116 Å². The number of aromatic nitrogens is 6.